The van der Waals surface area contributed by atoms with Gasteiger partial charge in [-0.1, -0.05) is 19.9 Å². The number of rotatable bonds is 3. The highest BCUT2D eigenvalue weighted by molar-refractivity contribution is 6.06. The van der Waals surface area contributed by atoms with Crippen LogP contribution in [-0.2, 0) is 19.7 Å². The van der Waals surface area contributed by atoms with Crippen LogP contribution in [0.5, 0.6) is 0 Å². The number of nitriles is 1. The molecule has 0 bridgehead atoms. The van der Waals surface area contributed by atoms with E-state index in [2.05, 4.69) is 6.07 Å². The van der Waals surface area contributed by atoms with Gasteiger partial charge in [0.05, 0.1) is 29.7 Å². The van der Waals surface area contributed by atoms with Crippen LogP contribution in [0, 0.1) is 22.7 Å². The smallest absolute Gasteiger partial charge is 0.338 e. The highest BCUT2D eigenvalue weighted by Crippen LogP contribution is 2.75. The molecular weight excluding hydrogens is 318 g/mol. The SMILES string of the molecule is COC(=O)c1cccc(C#N)c1C12C(=O)C(C)(OC)CCC1C2(C)C. The highest BCUT2D eigenvalue weighted by atomic mass is 16.5. The number of carbonyl (C=O) groups excluding carboxylic acids is 2. The number of ether oxygens (including phenoxy) is 2. The maximum Gasteiger partial charge on any atom is 0.338 e. The molecule has 5 nitrogen and oxygen atoms in total. The van der Waals surface area contributed by atoms with Gasteiger partial charge in [0.2, 0.25) is 0 Å². The Balaban J connectivity index is 2.33. The summed E-state index contributed by atoms with van der Waals surface area (Å²) in [7, 11) is 2.85. The predicted octanol–water partition coefficient (Wildman–Crippen LogP) is 3.01. The van der Waals surface area contributed by atoms with Crippen LogP contribution in [0.3, 0.4) is 0 Å². The van der Waals surface area contributed by atoms with E-state index in [1.165, 1.54) is 7.11 Å². The van der Waals surface area contributed by atoms with Crippen LogP contribution in [0.4, 0.5) is 0 Å². The molecule has 1 aromatic carbocycles. The van der Waals surface area contributed by atoms with Gasteiger partial charge in [-0.25, -0.2) is 4.79 Å². The number of hydrogen-bond acceptors (Lipinski definition) is 5. The summed E-state index contributed by atoms with van der Waals surface area (Å²) in [6.45, 7) is 5.87. The summed E-state index contributed by atoms with van der Waals surface area (Å²) in [5, 5.41) is 9.66. The number of ketones is 1. The van der Waals surface area contributed by atoms with Crippen LogP contribution in [0.15, 0.2) is 18.2 Å². The Bertz CT molecular complexity index is 806. The number of hydrogen-bond donors (Lipinski definition) is 0. The number of Topliss-reactive ketones (excluding diaryl/α,β-unsaturated/α-hetero) is 1. The lowest BCUT2D eigenvalue weighted by atomic mass is 9.70. The summed E-state index contributed by atoms with van der Waals surface area (Å²) >= 11 is 0. The van der Waals surface area contributed by atoms with E-state index in [0.29, 0.717) is 23.1 Å². The molecule has 0 saturated heterocycles. The Morgan fingerprint density at radius 1 is 1.28 bits per heavy atom. The first-order valence-electron chi connectivity index (χ1n) is 8.44. The van der Waals surface area contributed by atoms with Crippen LogP contribution in [-0.4, -0.2) is 31.6 Å². The molecule has 0 spiro atoms. The third-order valence-electron chi connectivity index (χ3n) is 6.51. The van der Waals surface area contributed by atoms with Crippen molar-refractivity contribution >= 4 is 11.8 Å². The van der Waals surface area contributed by atoms with Gasteiger partial charge < -0.3 is 9.47 Å². The topological polar surface area (TPSA) is 76.4 Å². The molecule has 0 aromatic heterocycles. The van der Waals surface area contributed by atoms with Gasteiger partial charge in [-0.3, -0.25) is 4.79 Å². The molecule has 25 heavy (non-hydrogen) atoms. The van der Waals surface area contributed by atoms with Crippen LogP contribution in [0.25, 0.3) is 0 Å². The summed E-state index contributed by atoms with van der Waals surface area (Å²) in [4.78, 5) is 26.0. The lowest BCUT2D eigenvalue weighted by Crippen LogP contribution is -2.49. The van der Waals surface area contributed by atoms with Crippen LogP contribution in [0.1, 0.15) is 55.1 Å². The van der Waals surface area contributed by atoms with Crippen molar-refractivity contribution in [3.05, 3.63) is 34.9 Å². The van der Waals surface area contributed by atoms with E-state index in [9.17, 15) is 14.9 Å². The molecule has 2 aliphatic rings. The molecule has 2 fully saturated rings. The maximum absolute atomic E-state index is 13.6. The number of carbonyl (C=O) groups is 2. The highest BCUT2D eigenvalue weighted by Gasteiger charge is 2.80. The molecule has 0 aliphatic heterocycles. The lowest BCUT2D eigenvalue weighted by molar-refractivity contribution is -0.146. The van der Waals surface area contributed by atoms with E-state index in [-0.39, 0.29) is 17.1 Å². The molecule has 2 saturated carbocycles. The normalized spacial score (nSPS) is 32.5. The molecule has 3 unspecified atom stereocenters. The van der Waals surface area contributed by atoms with Crippen molar-refractivity contribution in [3.63, 3.8) is 0 Å². The largest absolute Gasteiger partial charge is 0.465 e. The molecule has 0 radical (unpaired) electrons. The molecule has 0 N–H and O–H groups in total. The predicted molar refractivity (Wildman–Crippen MR) is 91.1 cm³/mol. The Hall–Kier alpha value is -2.19. The zero-order valence-corrected chi connectivity index (χ0v) is 15.3. The average Bonchev–Trinajstić information content (AvgIpc) is 3.13. The molecule has 0 heterocycles. The van der Waals surface area contributed by atoms with Gasteiger partial charge in [0.1, 0.15) is 5.60 Å². The van der Waals surface area contributed by atoms with Crippen molar-refractivity contribution < 1.29 is 19.1 Å². The fourth-order valence-corrected chi connectivity index (χ4v) is 5.00. The third-order valence-corrected chi connectivity index (χ3v) is 6.51. The molecule has 132 valence electrons. The van der Waals surface area contributed by atoms with Gasteiger partial charge in [-0.2, -0.15) is 5.26 Å². The minimum atomic E-state index is -0.916. The summed E-state index contributed by atoms with van der Waals surface area (Å²) in [5.41, 5.74) is -1.01. The fraction of sp³-hybridized carbons (Fsp3) is 0.550. The zero-order valence-electron chi connectivity index (χ0n) is 15.3. The van der Waals surface area contributed by atoms with Crippen molar-refractivity contribution in [2.24, 2.45) is 11.3 Å². The van der Waals surface area contributed by atoms with E-state index in [1.807, 2.05) is 13.8 Å². The van der Waals surface area contributed by atoms with Crippen LogP contribution >= 0.6 is 0 Å². The molecule has 1 aromatic rings. The first-order valence-corrected chi connectivity index (χ1v) is 8.44. The third kappa shape index (κ3) is 1.98. The second-order valence-corrected chi connectivity index (χ2v) is 7.72. The number of nitrogens with zero attached hydrogens (tertiary/aromatic N) is 1. The second kappa shape index (κ2) is 5.40. The molecule has 3 rings (SSSR count). The summed E-state index contributed by atoms with van der Waals surface area (Å²) in [5.74, 6) is -0.495. The van der Waals surface area contributed by atoms with Crippen molar-refractivity contribution in [1.29, 1.82) is 5.26 Å². The standard InChI is InChI=1S/C20H23NO4/c1-18(2)14-9-10-19(3,25-5)17(23)20(14,18)15-12(11-21)7-6-8-13(15)16(22)24-4/h6-8,14H,9-10H2,1-5H3. The number of benzene rings is 1. The molecule has 5 heteroatoms. The van der Waals surface area contributed by atoms with Gasteiger partial charge in [0, 0.05) is 7.11 Å². The summed E-state index contributed by atoms with van der Waals surface area (Å²) in [6, 6.07) is 7.11. The lowest BCUT2D eigenvalue weighted by Gasteiger charge is -2.37. The minimum absolute atomic E-state index is 0.0448. The van der Waals surface area contributed by atoms with Crippen LogP contribution < -0.4 is 0 Å². The molecule has 3 atom stereocenters. The summed E-state index contributed by atoms with van der Waals surface area (Å²) < 4.78 is 10.5. The monoisotopic (exact) mass is 341 g/mol. The second-order valence-electron chi connectivity index (χ2n) is 7.72. The van der Waals surface area contributed by atoms with E-state index in [1.54, 1.807) is 32.2 Å². The van der Waals surface area contributed by atoms with Crippen LogP contribution in [0.2, 0.25) is 0 Å². The van der Waals surface area contributed by atoms with Gasteiger partial charge in [-0.05, 0) is 48.8 Å². The number of esters is 1. The number of methoxy groups -OCH3 is 2. The molecule has 0 amide bonds. The average molecular weight is 341 g/mol. The Morgan fingerprint density at radius 2 is 1.96 bits per heavy atom. The van der Waals surface area contributed by atoms with E-state index < -0.39 is 17.0 Å². The Morgan fingerprint density at radius 3 is 2.52 bits per heavy atom. The maximum atomic E-state index is 13.6. The van der Waals surface area contributed by atoms with Crippen molar-refractivity contribution in [2.75, 3.05) is 14.2 Å². The van der Waals surface area contributed by atoms with Gasteiger partial charge in [-0.15, -0.1) is 0 Å². The van der Waals surface area contributed by atoms with Gasteiger partial charge in [0.25, 0.3) is 0 Å². The van der Waals surface area contributed by atoms with Crippen molar-refractivity contribution in [2.45, 2.75) is 44.6 Å². The Kier molecular flexibility index (Phi) is 3.81. The summed E-state index contributed by atoms with van der Waals surface area (Å²) in [6.07, 6.45) is 1.45. The van der Waals surface area contributed by atoms with Crippen molar-refractivity contribution in [3.8, 4) is 6.07 Å². The quantitative estimate of drug-likeness (QED) is 0.790. The number of fused-ring (bicyclic) bond motifs is 1. The first-order chi connectivity index (χ1) is 11.7. The minimum Gasteiger partial charge on any atom is -0.465 e. The van der Waals surface area contributed by atoms with E-state index in [0.717, 1.165) is 6.42 Å². The first kappa shape index (κ1) is 17.6. The Labute approximate surface area is 147 Å². The molecular formula is C20H23NO4. The van der Waals surface area contributed by atoms with Gasteiger partial charge >= 0.3 is 5.97 Å². The zero-order chi connectivity index (χ0) is 18.6. The van der Waals surface area contributed by atoms with E-state index >= 15 is 0 Å². The van der Waals surface area contributed by atoms with Gasteiger partial charge in [0.15, 0.2) is 5.78 Å². The molecule has 2 aliphatic carbocycles. The van der Waals surface area contributed by atoms with E-state index in [4.69, 9.17) is 9.47 Å². The van der Waals surface area contributed by atoms with Crippen molar-refractivity contribution in [1.82, 2.24) is 0 Å². The fourth-order valence-electron chi connectivity index (χ4n) is 5.00.